The van der Waals surface area contributed by atoms with Crippen LogP contribution < -0.4 is 15.4 Å². The highest BCUT2D eigenvalue weighted by Crippen LogP contribution is 2.18. The van der Waals surface area contributed by atoms with Crippen molar-refractivity contribution in [3.8, 4) is 5.75 Å². The summed E-state index contributed by atoms with van der Waals surface area (Å²) in [6.45, 7) is 3.24. The van der Waals surface area contributed by atoms with E-state index in [0.717, 1.165) is 30.9 Å². The van der Waals surface area contributed by atoms with Crippen molar-refractivity contribution in [1.82, 2.24) is 5.32 Å². The maximum atomic E-state index is 12.0. The number of benzene rings is 1. The van der Waals surface area contributed by atoms with Crippen molar-refractivity contribution in [2.75, 3.05) is 18.5 Å². The zero-order valence-electron chi connectivity index (χ0n) is 13.6. The molecule has 0 atom stereocenters. The molecule has 0 heterocycles. The van der Waals surface area contributed by atoms with E-state index < -0.39 is 0 Å². The van der Waals surface area contributed by atoms with E-state index >= 15 is 0 Å². The summed E-state index contributed by atoms with van der Waals surface area (Å²) in [5, 5.41) is 6.29. The predicted molar refractivity (Wildman–Crippen MR) is 90.4 cm³/mol. The van der Waals surface area contributed by atoms with Gasteiger partial charge in [-0.2, -0.15) is 0 Å². The molecule has 22 heavy (non-hydrogen) atoms. The fraction of sp³-hybridized carbons (Fsp3) is 0.611. The Hall–Kier alpha value is -1.55. The lowest BCUT2D eigenvalue weighted by Gasteiger charge is -2.22. The van der Waals surface area contributed by atoms with E-state index in [1.165, 1.54) is 32.1 Å². The molecule has 1 aliphatic carbocycles. The van der Waals surface area contributed by atoms with Crippen LogP contribution in [0.15, 0.2) is 24.3 Å². The molecule has 0 aliphatic heterocycles. The van der Waals surface area contributed by atoms with Crippen LogP contribution in [0.2, 0.25) is 0 Å². The van der Waals surface area contributed by atoms with Gasteiger partial charge in [0.25, 0.3) is 0 Å². The molecule has 1 aliphatic rings. The zero-order valence-corrected chi connectivity index (χ0v) is 13.6. The Kier molecular flexibility index (Phi) is 7.23. The molecule has 4 nitrogen and oxygen atoms in total. The van der Waals surface area contributed by atoms with Crippen LogP contribution >= 0.6 is 0 Å². The summed E-state index contributed by atoms with van der Waals surface area (Å²) in [7, 11) is 0. The minimum Gasteiger partial charge on any atom is -0.494 e. The van der Waals surface area contributed by atoms with Crippen LogP contribution in [-0.2, 0) is 4.79 Å². The number of carbonyl (C=O) groups is 1. The summed E-state index contributed by atoms with van der Waals surface area (Å²) >= 11 is 0. The third-order valence-electron chi connectivity index (χ3n) is 4.04. The number of ether oxygens (including phenoxy) is 1. The highest BCUT2D eigenvalue weighted by Gasteiger charge is 2.13. The largest absolute Gasteiger partial charge is 0.494 e. The summed E-state index contributed by atoms with van der Waals surface area (Å²) < 4.78 is 5.66. The minimum absolute atomic E-state index is 0.0104. The average molecular weight is 304 g/mol. The second-order valence-electron chi connectivity index (χ2n) is 5.99. The van der Waals surface area contributed by atoms with Gasteiger partial charge in [-0.1, -0.05) is 38.7 Å². The smallest absolute Gasteiger partial charge is 0.238 e. The number of nitrogens with one attached hydrogen (secondary N) is 2. The number of carbonyl (C=O) groups excluding carboxylic acids is 1. The van der Waals surface area contributed by atoms with E-state index in [9.17, 15) is 4.79 Å². The zero-order chi connectivity index (χ0) is 15.6. The van der Waals surface area contributed by atoms with Crippen molar-refractivity contribution < 1.29 is 9.53 Å². The predicted octanol–water partition coefficient (Wildman–Crippen LogP) is 3.73. The second kappa shape index (κ2) is 9.46. The first-order valence-corrected chi connectivity index (χ1v) is 8.54. The lowest BCUT2D eigenvalue weighted by Crippen LogP contribution is -2.37. The summed E-state index contributed by atoms with van der Waals surface area (Å²) in [5.74, 6) is 0.822. The Balaban J connectivity index is 1.74. The van der Waals surface area contributed by atoms with Gasteiger partial charge in [-0.3, -0.25) is 4.79 Å². The normalized spacial score (nSPS) is 15.5. The highest BCUT2D eigenvalue weighted by atomic mass is 16.5. The van der Waals surface area contributed by atoms with Gasteiger partial charge in [0, 0.05) is 17.8 Å². The Morgan fingerprint density at radius 2 is 2.09 bits per heavy atom. The van der Waals surface area contributed by atoms with Crippen molar-refractivity contribution in [1.29, 1.82) is 0 Å². The number of hydrogen-bond donors (Lipinski definition) is 2. The topological polar surface area (TPSA) is 50.4 Å². The molecule has 0 aromatic heterocycles. The Morgan fingerprint density at radius 3 is 2.86 bits per heavy atom. The maximum Gasteiger partial charge on any atom is 0.238 e. The quantitative estimate of drug-likeness (QED) is 0.720. The molecule has 2 N–H and O–H groups in total. The SMILES string of the molecule is CCCCOc1cccc(NC(=O)CNC2CCCCC2)c1. The lowest BCUT2D eigenvalue weighted by molar-refractivity contribution is -0.115. The van der Waals surface area contributed by atoms with Crippen molar-refractivity contribution >= 4 is 11.6 Å². The van der Waals surface area contributed by atoms with Gasteiger partial charge in [0.2, 0.25) is 5.91 Å². The van der Waals surface area contributed by atoms with Gasteiger partial charge >= 0.3 is 0 Å². The minimum atomic E-state index is 0.0104. The lowest BCUT2D eigenvalue weighted by atomic mass is 9.95. The third kappa shape index (κ3) is 6.06. The van der Waals surface area contributed by atoms with E-state index in [1.54, 1.807) is 0 Å². The van der Waals surface area contributed by atoms with E-state index in [1.807, 2.05) is 24.3 Å². The van der Waals surface area contributed by atoms with Crippen LogP contribution in [0.4, 0.5) is 5.69 Å². The van der Waals surface area contributed by atoms with Crippen molar-refractivity contribution in [2.24, 2.45) is 0 Å². The van der Waals surface area contributed by atoms with Crippen LogP contribution in [0.5, 0.6) is 5.75 Å². The number of anilines is 1. The molecule has 1 aromatic rings. The van der Waals surface area contributed by atoms with E-state index in [-0.39, 0.29) is 5.91 Å². The summed E-state index contributed by atoms with van der Waals surface area (Å²) in [4.78, 5) is 12.0. The van der Waals surface area contributed by atoms with Crippen LogP contribution in [0.3, 0.4) is 0 Å². The first-order valence-electron chi connectivity index (χ1n) is 8.54. The molecular formula is C18H28N2O2. The van der Waals surface area contributed by atoms with Crippen LogP contribution in [-0.4, -0.2) is 25.1 Å². The number of unbranched alkanes of at least 4 members (excludes halogenated alkanes) is 1. The molecular weight excluding hydrogens is 276 g/mol. The molecule has 122 valence electrons. The van der Waals surface area contributed by atoms with Gasteiger partial charge in [-0.25, -0.2) is 0 Å². The highest BCUT2D eigenvalue weighted by molar-refractivity contribution is 5.92. The number of rotatable bonds is 8. The van der Waals surface area contributed by atoms with Crippen molar-refractivity contribution in [3.63, 3.8) is 0 Å². The molecule has 1 saturated carbocycles. The molecule has 0 saturated heterocycles. The van der Waals surface area contributed by atoms with Gasteiger partial charge < -0.3 is 15.4 Å². The number of amides is 1. The maximum absolute atomic E-state index is 12.0. The summed E-state index contributed by atoms with van der Waals surface area (Å²) in [5.41, 5.74) is 0.796. The van der Waals surface area contributed by atoms with E-state index in [2.05, 4.69) is 17.6 Å². The van der Waals surface area contributed by atoms with Crippen molar-refractivity contribution in [3.05, 3.63) is 24.3 Å². The standard InChI is InChI=1S/C18H28N2O2/c1-2-3-12-22-17-11-7-10-16(13-17)20-18(21)14-19-15-8-5-4-6-9-15/h7,10-11,13,15,19H,2-6,8-9,12,14H2,1H3,(H,20,21). The number of hydrogen-bond acceptors (Lipinski definition) is 3. The first-order chi connectivity index (χ1) is 10.8. The van der Waals surface area contributed by atoms with Crippen LogP contribution in [0, 0.1) is 0 Å². The Morgan fingerprint density at radius 1 is 1.27 bits per heavy atom. The third-order valence-corrected chi connectivity index (χ3v) is 4.04. The molecule has 1 amide bonds. The summed E-state index contributed by atoms with van der Waals surface area (Å²) in [6.07, 6.45) is 8.41. The van der Waals surface area contributed by atoms with Gasteiger partial charge in [-0.05, 0) is 31.4 Å². The fourth-order valence-corrected chi connectivity index (χ4v) is 2.75. The average Bonchev–Trinajstić information content (AvgIpc) is 2.55. The van der Waals surface area contributed by atoms with Crippen molar-refractivity contribution in [2.45, 2.75) is 57.9 Å². The Bertz CT molecular complexity index is 456. The molecule has 0 bridgehead atoms. The molecule has 4 heteroatoms. The Labute approximate surface area is 133 Å². The van der Waals surface area contributed by atoms with Crippen LogP contribution in [0.25, 0.3) is 0 Å². The summed E-state index contributed by atoms with van der Waals surface area (Å²) in [6, 6.07) is 8.11. The van der Waals surface area contributed by atoms with Gasteiger partial charge in [0.1, 0.15) is 5.75 Å². The molecule has 0 unspecified atom stereocenters. The second-order valence-corrected chi connectivity index (χ2v) is 5.99. The van der Waals surface area contributed by atoms with Gasteiger partial charge in [0.05, 0.1) is 13.2 Å². The van der Waals surface area contributed by atoms with E-state index in [4.69, 9.17) is 4.74 Å². The van der Waals surface area contributed by atoms with Crippen LogP contribution in [0.1, 0.15) is 51.9 Å². The monoisotopic (exact) mass is 304 g/mol. The van der Waals surface area contributed by atoms with Gasteiger partial charge in [-0.15, -0.1) is 0 Å². The molecule has 1 fully saturated rings. The molecule has 0 radical (unpaired) electrons. The molecule has 2 rings (SSSR count). The first kappa shape index (κ1) is 16.8. The van der Waals surface area contributed by atoms with E-state index in [0.29, 0.717) is 12.6 Å². The van der Waals surface area contributed by atoms with Gasteiger partial charge in [0.15, 0.2) is 0 Å². The fourth-order valence-electron chi connectivity index (χ4n) is 2.75. The molecule has 0 spiro atoms. The molecule has 1 aromatic carbocycles.